The Bertz CT molecular complexity index is 983. The molecule has 0 bridgehead atoms. The largest absolute Gasteiger partial charge is 0.278 e. The Hall–Kier alpha value is -2.76. The van der Waals surface area contributed by atoms with Gasteiger partial charge in [-0.15, -0.1) is 0 Å². The summed E-state index contributed by atoms with van der Waals surface area (Å²) >= 11 is 0. The third-order valence-electron chi connectivity index (χ3n) is 4.55. The van der Waals surface area contributed by atoms with Crippen molar-refractivity contribution in [3.63, 3.8) is 0 Å². The lowest BCUT2D eigenvalue weighted by Gasteiger charge is -2.20. The van der Waals surface area contributed by atoms with Crippen LogP contribution in [0, 0.1) is 0 Å². The minimum Gasteiger partial charge on any atom is -0.278 e. The molecule has 0 fully saturated rings. The van der Waals surface area contributed by atoms with Crippen molar-refractivity contribution in [1.29, 1.82) is 0 Å². The molecule has 0 aliphatic heterocycles. The van der Waals surface area contributed by atoms with Crippen LogP contribution in [-0.4, -0.2) is 30.6 Å². The standard InChI is InChI=1S/C16H14N6/c1-2-4-10-9(3-1)15-11-7-17-20-12(11)5-6-13(15)19-16(10)14-8-18-22-21-14/h5-8H,1-4H2,(H,17,20)(H,18,21,22). The monoisotopic (exact) mass is 290 g/mol. The fourth-order valence-electron chi connectivity index (χ4n) is 3.57. The molecule has 0 atom stereocenters. The van der Waals surface area contributed by atoms with Crippen LogP contribution in [-0.2, 0) is 12.8 Å². The summed E-state index contributed by atoms with van der Waals surface area (Å²) in [6.07, 6.45) is 8.21. The Morgan fingerprint density at radius 3 is 2.73 bits per heavy atom. The number of fused-ring (bicyclic) bond motifs is 5. The van der Waals surface area contributed by atoms with E-state index in [-0.39, 0.29) is 0 Å². The highest BCUT2D eigenvalue weighted by atomic mass is 15.3. The summed E-state index contributed by atoms with van der Waals surface area (Å²) in [5.41, 5.74) is 6.59. The Kier molecular flexibility index (Phi) is 2.35. The predicted octanol–water partition coefficient (Wildman–Crippen LogP) is 2.78. The molecule has 3 heterocycles. The third kappa shape index (κ3) is 1.55. The van der Waals surface area contributed by atoms with E-state index in [1.165, 1.54) is 29.4 Å². The number of H-pyrrole nitrogens is 2. The van der Waals surface area contributed by atoms with Crippen molar-refractivity contribution in [2.75, 3.05) is 0 Å². The van der Waals surface area contributed by atoms with Crippen molar-refractivity contribution >= 4 is 21.8 Å². The number of benzene rings is 1. The average molecular weight is 290 g/mol. The van der Waals surface area contributed by atoms with Crippen LogP contribution in [0.25, 0.3) is 33.2 Å². The van der Waals surface area contributed by atoms with Crippen LogP contribution in [0.2, 0.25) is 0 Å². The average Bonchev–Trinajstić information content (AvgIpc) is 3.25. The van der Waals surface area contributed by atoms with Gasteiger partial charge in [0.25, 0.3) is 0 Å². The topological polar surface area (TPSA) is 83.1 Å². The van der Waals surface area contributed by atoms with Crippen molar-refractivity contribution in [3.05, 3.63) is 35.7 Å². The van der Waals surface area contributed by atoms with Crippen LogP contribution in [0.3, 0.4) is 0 Å². The molecule has 0 saturated heterocycles. The van der Waals surface area contributed by atoms with E-state index in [0.29, 0.717) is 0 Å². The zero-order valence-electron chi connectivity index (χ0n) is 11.9. The van der Waals surface area contributed by atoms with Crippen LogP contribution >= 0.6 is 0 Å². The molecule has 6 heteroatoms. The fraction of sp³-hybridized carbons (Fsp3) is 0.250. The van der Waals surface area contributed by atoms with Crippen LogP contribution in [0.4, 0.5) is 0 Å². The Balaban J connectivity index is 1.95. The maximum atomic E-state index is 4.90. The Morgan fingerprint density at radius 1 is 0.955 bits per heavy atom. The Labute approximate surface area is 126 Å². The first-order valence-corrected chi connectivity index (χ1v) is 7.55. The minimum atomic E-state index is 0.826. The number of nitrogens with one attached hydrogen (secondary N) is 2. The van der Waals surface area contributed by atoms with E-state index in [4.69, 9.17) is 4.98 Å². The summed E-state index contributed by atoms with van der Waals surface area (Å²) < 4.78 is 0. The molecule has 0 saturated carbocycles. The van der Waals surface area contributed by atoms with Gasteiger partial charge in [-0.2, -0.15) is 20.5 Å². The molecule has 22 heavy (non-hydrogen) atoms. The summed E-state index contributed by atoms with van der Waals surface area (Å²) in [5, 5.41) is 20.5. The number of pyridine rings is 1. The lowest BCUT2D eigenvalue weighted by molar-refractivity contribution is 0.689. The summed E-state index contributed by atoms with van der Waals surface area (Å²) in [6, 6.07) is 4.10. The first-order chi connectivity index (χ1) is 10.9. The molecule has 3 aromatic heterocycles. The van der Waals surface area contributed by atoms with Crippen molar-refractivity contribution in [3.8, 4) is 11.4 Å². The van der Waals surface area contributed by atoms with E-state index in [2.05, 4.69) is 31.7 Å². The summed E-state index contributed by atoms with van der Waals surface area (Å²) in [5.74, 6) is 0. The van der Waals surface area contributed by atoms with Gasteiger partial charge in [0.2, 0.25) is 0 Å². The number of aryl methyl sites for hydroxylation is 1. The minimum absolute atomic E-state index is 0.826. The summed E-state index contributed by atoms with van der Waals surface area (Å²) in [7, 11) is 0. The number of aromatic nitrogens is 6. The van der Waals surface area contributed by atoms with Crippen molar-refractivity contribution < 1.29 is 0 Å². The maximum Gasteiger partial charge on any atom is 0.131 e. The van der Waals surface area contributed by atoms with Gasteiger partial charge in [0.05, 0.1) is 29.1 Å². The molecule has 0 amide bonds. The zero-order valence-corrected chi connectivity index (χ0v) is 11.9. The van der Waals surface area contributed by atoms with Crippen molar-refractivity contribution in [2.45, 2.75) is 25.7 Å². The second-order valence-electron chi connectivity index (χ2n) is 5.77. The number of aromatic amines is 2. The fourth-order valence-corrected chi connectivity index (χ4v) is 3.57. The van der Waals surface area contributed by atoms with Gasteiger partial charge in [-0.3, -0.25) is 5.10 Å². The van der Waals surface area contributed by atoms with Gasteiger partial charge in [-0.1, -0.05) is 0 Å². The van der Waals surface area contributed by atoms with E-state index in [9.17, 15) is 0 Å². The normalized spacial score (nSPS) is 14.5. The van der Waals surface area contributed by atoms with E-state index in [1.54, 1.807) is 6.20 Å². The van der Waals surface area contributed by atoms with E-state index in [1.807, 2.05) is 12.3 Å². The highest BCUT2D eigenvalue weighted by Crippen LogP contribution is 2.36. The van der Waals surface area contributed by atoms with Gasteiger partial charge in [-0.05, 0) is 48.9 Å². The lowest BCUT2D eigenvalue weighted by Crippen LogP contribution is -2.08. The van der Waals surface area contributed by atoms with Crippen molar-refractivity contribution in [1.82, 2.24) is 30.6 Å². The van der Waals surface area contributed by atoms with Crippen LogP contribution in [0.1, 0.15) is 24.0 Å². The molecule has 0 unspecified atom stereocenters. The van der Waals surface area contributed by atoms with Gasteiger partial charge >= 0.3 is 0 Å². The van der Waals surface area contributed by atoms with E-state index in [0.717, 1.165) is 40.6 Å². The molecule has 5 rings (SSSR count). The number of nitrogens with zero attached hydrogens (tertiary/aromatic N) is 4. The molecular weight excluding hydrogens is 276 g/mol. The molecule has 0 spiro atoms. The summed E-state index contributed by atoms with van der Waals surface area (Å²) in [4.78, 5) is 4.90. The quantitative estimate of drug-likeness (QED) is 0.564. The molecular formula is C16H14N6. The van der Waals surface area contributed by atoms with E-state index >= 15 is 0 Å². The second-order valence-corrected chi connectivity index (χ2v) is 5.77. The Morgan fingerprint density at radius 2 is 1.86 bits per heavy atom. The van der Waals surface area contributed by atoms with Gasteiger partial charge in [0.1, 0.15) is 5.69 Å². The molecule has 4 aromatic rings. The van der Waals surface area contributed by atoms with Gasteiger partial charge in [0, 0.05) is 10.8 Å². The second kappa shape index (κ2) is 4.37. The number of rotatable bonds is 1. The van der Waals surface area contributed by atoms with Crippen LogP contribution < -0.4 is 0 Å². The van der Waals surface area contributed by atoms with Crippen LogP contribution in [0.5, 0.6) is 0 Å². The SMILES string of the molecule is c1n[nH]nc1-c1nc2ccc3[nH]ncc3c2c2c1CCCC2. The first-order valence-electron chi connectivity index (χ1n) is 7.55. The third-order valence-corrected chi connectivity index (χ3v) is 4.55. The van der Waals surface area contributed by atoms with Crippen molar-refractivity contribution in [2.24, 2.45) is 0 Å². The number of hydrogen-bond donors (Lipinski definition) is 2. The first kappa shape index (κ1) is 11.9. The highest BCUT2D eigenvalue weighted by Gasteiger charge is 2.21. The molecule has 1 aliphatic carbocycles. The highest BCUT2D eigenvalue weighted by molar-refractivity contribution is 6.07. The van der Waals surface area contributed by atoms with E-state index < -0.39 is 0 Å². The van der Waals surface area contributed by atoms with Crippen LogP contribution in [0.15, 0.2) is 24.5 Å². The van der Waals surface area contributed by atoms with Gasteiger partial charge in [0.15, 0.2) is 0 Å². The predicted molar refractivity (Wildman–Crippen MR) is 83.4 cm³/mol. The molecule has 1 aliphatic rings. The molecule has 2 N–H and O–H groups in total. The zero-order chi connectivity index (χ0) is 14.5. The lowest BCUT2D eigenvalue weighted by atomic mass is 9.86. The maximum absolute atomic E-state index is 4.90. The molecule has 0 radical (unpaired) electrons. The molecule has 6 nitrogen and oxygen atoms in total. The molecule has 1 aromatic carbocycles. The summed E-state index contributed by atoms with van der Waals surface area (Å²) in [6.45, 7) is 0. The van der Waals surface area contributed by atoms with Gasteiger partial charge < -0.3 is 0 Å². The van der Waals surface area contributed by atoms with Gasteiger partial charge in [-0.25, -0.2) is 4.98 Å². The molecule has 108 valence electrons. The smallest absolute Gasteiger partial charge is 0.131 e. The number of hydrogen-bond acceptors (Lipinski definition) is 4.